The van der Waals surface area contributed by atoms with Crippen LogP contribution in [0.2, 0.25) is 10.0 Å². The van der Waals surface area contributed by atoms with Gasteiger partial charge in [-0.3, -0.25) is 4.79 Å². The Balaban J connectivity index is 1.78. The van der Waals surface area contributed by atoms with Gasteiger partial charge in [0, 0.05) is 18.5 Å². The summed E-state index contributed by atoms with van der Waals surface area (Å²) < 4.78 is 10.6. The second-order valence-electron chi connectivity index (χ2n) is 4.91. The number of hydrogen-bond acceptors (Lipinski definition) is 5. The number of hydrogen-bond donors (Lipinski definition) is 0. The fourth-order valence-corrected chi connectivity index (χ4v) is 2.76. The van der Waals surface area contributed by atoms with E-state index in [4.69, 9.17) is 32.5 Å². The van der Waals surface area contributed by atoms with Crippen LogP contribution in [0.4, 0.5) is 0 Å². The molecule has 0 N–H and O–H groups in total. The van der Waals surface area contributed by atoms with E-state index >= 15 is 0 Å². The molecule has 1 atom stereocenters. The zero-order valence-electron chi connectivity index (χ0n) is 11.8. The van der Waals surface area contributed by atoms with Crippen molar-refractivity contribution in [3.63, 3.8) is 0 Å². The van der Waals surface area contributed by atoms with Gasteiger partial charge in [-0.05, 0) is 18.2 Å². The first-order valence-corrected chi connectivity index (χ1v) is 7.46. The number of morpholine rings is 1. The van der Waals surface area contributed by atoms with Crippen molar-refractivity contribution in [1.82, 2.24) is 15.0 Å². The minimum absolute atomic E-state index is 0.171. The first-order chi connectivity index (χ1) is 10.5. The highest BCUT2D eigenvalue weighted by atomic mass is 35.5. The van der Waals surface area contributed by atoms with Gasteiger partial charge in [-0.25, -0.2) is 0 Å². The molecule has 6 nitrogen and oxygen atoms in total. The lowest BCUT2D eigenvalue weighted by Crippen LogP contribution is -2.42. The molecule has 116 valence electrons. The summed E-state index contributed by atoms with van der Waals surface area (Å²) in [5.74, 6) is 0.732. The molecule has 1 fully saturated rings. The number of ether oxygens (including phenoxy) is 1. The Bertz CT molecular complexity index is 704. The third-order valence-corrected chi connectivity index (χ3v) is 3.89. The van der Waals surface area contributed by atoms with E-state index in [0.717, 1.165) is 0 Å². The minimum atomic E-state index is -0.402. The summed E-state index contributed by atoms with van der Waals surface area (Å²) in [6, 6.07) is 4.81. The van der Waals surface area contributed by atoms with Crippen LogP contribution >= 0.6 is 23.2 Å². The monoisotopic (exact) mass is 341 g/mol. The second-order valence-corrected chi connectivity index (χ2v) is 5.75. The average molecular weight is 342 g/mol. The largest absolute Gasteiger partial charge is 0.366 e. The van der Waals surface area contributed by atoms with E-state index in [-0.39, 0.29) is 5.91 Å². The Hall–Kier alpha value is -1.63. The Morgan fingerprint density at radius 1 is 1.41 bits per heavy atom. The van der Waals surface area contributed by atoms with Gasteiger partial charge in [-0.1, -0.05) is 28.4 Å². The van der Waals surface area contributed by atoms with Gasteiger partial charge >= 0.3 is 0 Å². The van der Waals surface area contributed by atoms with Crippen molar-refractivity contribution < 1.29 is 14.1 Å². The van der Waals surface area contributed by atoms with Crippen molar-refractivity contribution in [3.8, 4) is 0 Å². The predicted octanol–water partition coefficient (Wildman–Crippen LogP) is 2.90. The van der Waals surface area contributed by atoms with Crippen LogP contribution in [0, 0.1) is 6.92 Å². The lowest BCUT2D eigenvalue weighted by Gasteiger charge is -2.31. The zero-order valence-corrected chi connectivity index (χ0v) is 13.3. The lowest BCUT2D eigenvalue weighted by atomic mass is 10.1. The van der Waals surface area contributed by atoms with Crippen LogP contribution in [0.3, 0.4) is 0 Å². The predicted molar refractivity (Wildman–Crippen MR) is 80.1 cm³/mol. The number of aromatic nitrogens is 2. The Labute approximate surface area is 136 Å². The quantitative estimate of drug-likeness (QED) is 0.839. The van der Waals surface area contributed by atoms with E-state index < -0.39 is 6.10 Å². The molecular weight excluding hydrogens is 329 g/mol. The van der Waals surface area contributed by atoms with Crippen LogP contribution in [-0.2, 0) is 4.74 Å². The van der Waals surface area contributed by atoms with E-state index in [1.165, 1.54) is 0 Å². The molecule has 2 aromatic rings. The van der Waals surface area contributed by atoms with Gasteiger partial charge in [0.1, 0.15) is 6.10 Å². The molecule has 22 heavy (non-hydrogen) atoms. The summed E-state index contributed by atoms with van der Waals surface area (Å²) in [4.78, 5) is 18.4. The first-order valence-electron chi connectivity index (χ1n) is 6.71. The number of nitrogens with zero attached hydrogens (tertiary/aromatic N) is 3. The summed E-state index contributed by atoms with van der Waals surface area (Å²) in [5.41, 5.74) is 0.413. The molecule has 1 aliphatic rings. The van der Waals surface area contributed by atoms with Gasteiger partial charge in [0.05, 0.1) is 23.7 Å². The normalized spacial score (nSPS) is 18.5. The van der Waals surface area contributed by atoms with Crippen molar-refractivity contribution in [3.05, 3.63) is 45.5 Å². The van der Waals surface area contributed by atoms with Crippen LogP contribution in [-0.4, -0.2) is 40.6 Å². The molecule has 1 unspecified atom stereocenters. The molecule has 2 heterocycles. The molecule has 1 aliphatic heterocycles. The highest BCUT2D eigenvalue weighted by molar-refractivity contribution is 6.36. The van der Waals surface area contributed by atoms with Crippen LogP contribution in [0.15, 0.2) is 22.7 Å². The number of halogens is 2. The number of carbonyl (C=O) groups excluding carboxylic acids is 1. The molecule has 0 radical (unpaired) electrons. The molecule has 8 heteroatoms. The standard InChI is InChI=1S/C14H13Cl2N3O3/c1-8-17-13(18-22-8)12-7-19(4-5-21-12)14(20)10-3-2-9(15)6-11(10)16/h2-3,6,12H,4-5,7H2,1H3. The van der Waals surface area contributed by atoms with E-state index in [2.05, 4.69) is 10.1 Å². The molecule has 1 saturated heterocycles. The van der Waals surface area contributed by atoms with E-state index in [1.54, 1.807) is 30.0 Å². The number of amides is 1. The van der Waals surface area contributed by atoms with E-state index in [0.29, 0.717) is 47.0 Å². The summed E-state index contributed by atoms with van der Waals surface area (Å²) in [6.07, 6.45) is -0.402. The molecule has 1 aromatic heterocycles. The lowest BCUT2D eigenvalue weighted by molar-refractivity contribution is -0.0276. The van der Waals surface area contributed by atoms with Gasteiger partial charge in [-0.2, -0.15) is 4.98 Å². The first kappa shape index (κ1) is 15.3. The van der Waals surface area contributed by atoms with Gasteiger partial charge in [0.2, 0.25) is 11.7 Å². The topological polar surface area (TPSA) is 68.5 Å². The van der Waals surface area contributed by atoms with Crippen molar-refractivity contribution in [2.75, 3.05) is 19.7 Å². The highest BCUT2D eigenvalue weighted by Crippen LogP contribution is 2.25. The minimum Gasteiger partial charge on any atom is -0.366 e. The van der Waals surface area contributed by atoms with Crippen LogP contribution in [0.5, 0.6) is 0 Å². The van der Waals surface area contributed by atoms with Gasteiger partial charge in [0.15, 0.2) is 0 Å². The Morgan fingerprint density at radius 3 is 2.91 bits per heavy atom. The van der Waals surface area contributed by atoms with Crippen LogP contribution < -0.4 is 0 Å². The molecule has 0 saturated carbocycles. The van der Waals surface area contributed by atoms with Crippen molar-refractivity contribution in [1.29, 1.82) is 0 Å². The van der Waals surface area contributed by atoms with Crippen molar-refractivity contribution in [2.24, 2.45) is 0 Å². The number of carbonyl (C=O) groups is 1. The van der Waals surface area contributed by atoms with Crippen LogP contribution in [0.25, 0.3) is 0 Å². The molecule has 3 rings (SSSR count). The summed E-state index contributed by atoms with van der Waals surface area (Å²) in [5, 5.41) is 4.66. The fourth-order valence-electron chi connectivity index (χ4n) is 2.27. The second kappa shape index (κ2) is 6.24. The Kier molecular flexibility index (Phi) is 4.33. The van der Waals surface area contributed by atoms with Gasteiger partial charge in [0.25, 0.3) is 5.91 Å². The molecule has 0 aliphatic carbocycles. The number of rotatable bonds is 2. The maximum absolute atomic E-state index is 12.6. The van der Waals surface area contributed by atoms with Gasteiger partial charge < -0.3 is 14.2 Å². The van der Waals surface area contributed by atoms with E-state index in [9.17, 15) is 4.79 Å². The number of aryl methyl sites for hydroxylation is 1. The highest BCUT2D eigenvalue weighted by Gasteiger charge is 2.29. The molecule has 1 aromatic carbocycles. The molecular formula is C14H13Cl2N3O3. The van der Waals surface area contributed by atoms with Gasteiger partial charge in [-0.15, -0.1) is 0 Å². The van der Waals surface area contributed by atoms with Crippen molar-refractivity contribution in [2.45, 2.75) is 13.0 Å². The maximum Gasteiger partial charge on any atom is 0.255 e. The van der Waals surface area contributed by atoms with Crippen molar-refractivity contribution >= 4 is 29.1 Å². The fraction of sp³-hybridized carbons (Fsp3) is 0.357. The maximum atomic E-state index is 12.6. The summed E-state index contributed by atoms with van der Waals surface area (Å²) in [6.45, 7) is 2.92. The zero-order chi connectivity index (χ0) is 15.7. The van der Waals surface area contributed by atoms with Crippen LogP contribution in [0.1, 0.15) is 28.2 Å². The molecule has 1 amide bonds. The average Bonchev–Trinajstić information content (AvgIpc) is 2.93. The number of benzene rings is 1. The SMILES string of the molecule is Cc1nc(C2CN(C(=O)c3ccc(Cl)cc3Cl)CCO2)no1. The van der Waals surface area contributed by atoms with E-state index in [1.807, 2.05) is 0 Å². The smallest absolute Gasteiger partial charge is 0.255 e. The summed E-state index contributed by atoms with van der Waals surface area (Å²) in [7, 11) is 0. The molecule has 0 bridgehead atoms. The summed E-state index contributed by atoms with van der Waals surface area (Å²) >= 11 is 12.0. The Morgan fingerprint density at radius 2 is 2.23 bits per heavy atom. The molecule has 0 spiro atoms. The third kappa shape index (κ3) is 3.09. The third-order valence-electron chi connectivity index (χ3n) is 3.35.